The predicted molar refractivity (Wildman–Crippen MR) is 89.9 cm³/mol. The van der Waals surface area contributed by atoms with Gasteiger partial charge in [0.15, 0.2) is 5.82 Å². The van der Waals surface area contributed by atoms with Crippen molar-refractivity contribution in [3.8, 4) is 11.4 Å². The molecule has 1 aliphatic rings. The summed E-state index contributed by atoms with van der Waals surface area (Å²) in [7, 11) is 0. The number of rotatable bonds is 6. The zero-order chi connectivity index (χ0) is 16.8. The van der Waals surface area contributed by atoms with E-state index < -0.39 is 0 Å². The summed E-state index contributed by atoms with van der Waals surface area (Å²) in [6.07, 6.45) is 3.75. The topological polar surface area (TPSA) is 85.2 Å². The highest BCUT2D eigenvalue weighted by atomic mass is 16.5. The number of pyridine rings is 1. The molecule has 1 N–H and O–H groups in total. The third-order valence-corrected chi connectivity index (χ3v) is 3.88. The van der Waals surface area contributed by atoms with Crippen LogP contribution in [0.3, 0.4) is 0 Å². The van der Waals surface area contributed by atoms with Crippen LogP contribution < -0.4 is 5.32 Å². The summed E-state index contributed by atoms with van der Waals surface area (Å²) in [4.78, 5) is 23.0. The van der Waals surface area contributed by atoms with Crippen molar-refractivity contribution in [3.63, 3.8) is 0 Å². The highest BCUT2D eigenvalue weighted by molar-refractivity contribution is 5.81. The molecule has 24 heavy (non-hydrogen) atoms. The van der Waals surface area contributed by atoms with Crippen LogP contribution in [0.1, 0.15) is 18.1 Å². The monoisotopic (exact) mass is 330 g/mol. The van der Waals surface area contributed by atoms with Crippen molar-refractivity contribution in [2.75, 3.05) is 44.7 Å². The summed E-state index contributed by atoms with van der Waals surface area (Å²) < 4.78 is 6.69. The fraction of sp³-hybridized carbons (Fsp3) is 0.500. The average molecular weight is 330 g/mol. The molecule has 1 fully saturated rings. The number of carbonyl (C=O) groups excluding carboxylic acids is 1. The number of nitrogens with one attached hydrogen (secondary N) is 1. The summed E-state index contributed by atoms with van der Waals surface area (Å²) in [6.45, 7) is 6.80. The van der Waals surface area contributed by atoms with Gasteiger partial charge in [-0.05, 0) is 12.1 Å². The van der Waals surface area contributed by atoms with Gasteiger partial charge in [0.25, 0.3) is 0 Å². The van der Waals surface area contributed by atoms with Gasteiger partial charge in [0.05, 0.1) is 13.2 Å². The fourth-order valence-corrected chi connectivity index (χ4v) is 2.52. The highest BCUT2D eigenvalue weighted by Gasteiger charge is 2.16. The maximum absolute atomic E-state index is 12.1. The number of aromatic nitrogens is 4. The van der Waals surface area contributed by atoms with E-state index >= 15 is 0 Å². The van der Waals surface area contributed by atoms with Gasteiger partial charge in [0.1, 0.15) is 0 Å². The van der Waals surface area contributed by atoms with Gasteiger partial charge in [-0.3, -0.25) is 14.7 Å². The molecule has 1 saturated heterocycles. The fourth-order valence-electron chi connectivity index (χ4n) is 2.52. The number of hydrogen-bond acceptors (Lipinski definition) is 7. The Kier molecular flexibility index (Phi) is 5.50. The van der Waals surface area contributed by atoms with E-state index in [9.17, 15) is 4.79 Å². The van der Waals surface area contributed by atoms with Crippen molar-refractivity contribution in [1.82, 2.24) is 24.6 Å². The molecule has 0 aromatic carbocycles. The lowest BCUT2D eigenvalue weighted by Crippen LogP contribution is -2.39. The minimum absolute atomic E-state index is 0.0912. The van der Waals surface area contributed by atoms with Crippen molar-refractivity contribution in [2.45, 2.75) is 13.3 Å². The molecule has 0 spiro atoms. The molecule has 2 aromatic heterocycles. The van der Waals surface area contributed by atoms with Crippen molar-refractivity contribution >= 4 is 11.9 Å². The van der Waals surface area contributed by atoms with E-state index in [1.165, 1.54) is 4.68 Å². The molecule has 0 aliphatic carbocycles. The van der Waals surface area contributed by atoms with Crippen LogP contribution in [0.25, 0.3) is 11.4 Å². The Hall–Kier alpha value is -2.32. The van der Waals surface area contributed by atoms with Crippen LogP contribution in [0.5, 0.6) is 0 Å². The second kappa shape index (κ2) is 7.98. The van der Waals surface area contributed by atoms with Crippen molar-refractivity contribution in [2.24, 2.45) is 0 Å². The molecular weight excluding hydrogens is 308 g/mol. The number of hydrogen-bond donors (Lipinski definition) is 1. The predicted octanol–water partition coefficient (Wildman–Crippen LogP) is 1.13. The number of morpholine rings is 1. The van der Waals surface area contributed by atoms with Crippen LogP contribution in [-0.4, -0.2) is 69.9 Å². The lowest BCUT2D eigenvalue weighted by atomic mass is 10.3. The Morgan fingerprint density at radius 3 is 2.92 bits per heavy atom. The quantitative estimate of drug-likeness (QED) is 0.850. The maximum Gasteiger partial charge on any atom is 0.249 e. The SMILES string of the molecule is CCC(=O)n1nc(-c2cccnc2)nc1NCCN1CCOCC1. The van der Waals surface area contributed by atoms with Gasteiger partial charge in [-0.25, -0.2) is 0 Å². The molecule has 3 rings (SSSR count). The van der Waals surface area contributed by atoms with E-state index in [2.05, 4.69) is 25.3 Å². The van der Waals surface area contributed by atoms with Crippen LogP contribution in [0.4, 0.5) is 5.95 Å². The lowest BCUT2D eigenvalue weighted by Gasteiger charge is -2.26. The minimum Gasteiger partial charge on any atom is -0.379 e. The Balaban J connectivity index is 1.70. The minimum atomic E-state index is -0.0912. The number of anilines is 1. The largest absolute Gasteiger partial charge is 0.379 e. The first-order chi connectivity index (χ1) is 11.8. The van der Waals surface area contributed by atoms with E-state index in [1.807, 2.05) is 19.1 Å². The molecule has 8 heteroatoms. The summed E-state index contributed by atoms with van der Waals surface area (Å²) in [5.74, 6) is 0.888. The number of nitrogens with zero attached hydrogens (tertiary/aromatic N) is 5. The molecule has 0 bridgehead atoms. The van der Waals surface area contributed by atoms with Gasteiger partial charge in [-0.15, -0.1) is 5.10 Å². The third-order valence-electron chi connectivity index (χ3n) is 3.88. The first-order valence-electron chi connectivity index (χ1n) is 8.22. The van der Waals surface area contributed by atoms with Crippen molar-refractivity contribution < 1.29 is 9.53 Å². The molecule has 0 atom stereocenters. The lowest BCUT2D eigenvalue weighted by molar-refractivity contribution is 0.0398. The summed E-state index contributed by atoms with van der Waals surface area (Å²) in [5, 5.41) is 7.57. The van der Waals surface area contributed by atoms with E-state index in [1.54, 1.807) is 12.4 Å². The second-order valence-corrected chi connectivity index (χ2v) is 5.54. The van der Waals surface area contributed by atoms with Crippen LogP contribution in [0.15, 0.2) is 24.5 Å². The van der Waals surface area contributed by atoms with Crippen LogP contribution in [-0.2, 0) is 4.74 Å². The van der Waals surface area contributed by atoms with Crippen LogP contribution >= 0.6 is 0 Å². The molecule has 3 heterocycles. The molecule has 128 valence electrons. The normalized spacial score (nSPS) is 15.4. The Morgan fingerprint density at radius 2 is 2.21 bits per heavy atom. The van der Waals surface area contributed by atoms with Gasteiger partial charge < -0.3 is 10.1 Å². The van der Waals surface area contributed by atoms with E-state index in [-0.39, 0.29) is 5.91 Å². The molecule has 0 saturated carbocycles. The molecule has 8 nitrogen and oxygen atoms in total. The molecule has 0 radical (unpaired) electrons. The van der Waals surface area contributed by atoms with Crippen molar-refractivity contribution in [1.29, 1.82) is 0 Å². The summed E-state index contributed by atoms with van der Waals surface area (Å²) in [6, 6.07) is 3.70. The van der Waals surface area contributed by atoms with Gasteiger partial charge in [-0.2, -0.15) is 9.67 Å². The first kappa shape index (κ1) is 16.5. The van der Waals surface area contributed by atoms with Crippen molar-refractivity contribution in [3.05, 3.63) is 24.5 Å². The zero-order valence-corrected chi connectivity index (χ0v) is 13.8. The Morgan fingerprint density at radius 1 is 1.38 bits per heavy atom. The molecule has 1 aliphatic heterocycles. The Bertz CT molecular complexity index is 666. The zero-order valence-electron chi connectivity index (χ0n) is 13.8. The number of ether oxygens (including phenoxy) is 1. The highest BCUT2D eigenvalue weighted by Crippen LogP contribution is 2.17. The second-order valence-electron chi connectivity index (χ2n) is 5.54. The van der Waals surface area contributed by atoms with E-state index in [0.29, 0.717) is 24.7 Å². The molecule has 0 amide bonds. The summed E-state index contributed by atoms with van der Waals surface area (Å²) >= 11 is 0. The average Bonchev–Trinajstić information content (AvgIpc) is 3.07. The molecule has 0 unspecified atom stereocenters. The smallest absolute Gasteiger partial charge is 0.249 e. The van der Waals surface area contributed by atoms with E-state index in [4.69, 9.17) is 4.74 Å². The third kappa shape index (κ3) is 3.95. The standard InChI is InChI=1S/C16H22N6O2/c1-2-14(23)22-16(18-6-7-21-8-10-24-11-9-21)19-15(20-22)13-4-3-5-17-12-13/h3-5,12H,2,6-11H2,1H3,(H,18,19,20). The van der Waals surface area contributed by atoms with Crippen LogP contribution in [0, 0.1) is 0 Å². The maximum atomic E-state index is 12.1. The molecule has 2 aromatic rings. The van der Waals surface area contributed by atoms with Gasteiger partial charge >= 0.3 is 0 Å². The van der Waals surface area contributed by atoms with E-state index in [0.717, 1.165) is 38.4 Å². The first-order valence-corrected chi connectivity index (χ1v) is 8.22. The number of carbonyl (C=O) groups is 1. The van der Waals surface area contributed by atoms with Crippen LogP contribution in [0.2, 0.25) is 0 Å². The van der Waals surface area contributed by atoms with Gasteiger partial charge in [0.2, 0.25) is 11.9 Å². The summed E-state index contributed by atoms with van der Waals surface area (Å²) in [5.41, 5.74) is 0.788. The van der Waals surface area contributed by atoms with Gasteiger partial charge in [-0.1, -0.05) is 6.92 Å². The molecular formula is C16H22N6O2. The Labute approximate surface area is 140 Å². The van der Waals surface area contributed by atoms with Gasteiger partial charge in [0, 0.05) is 50.6 Å².